The van der Waals surface area contributed by atoms with E-state index in [0.29, 0.717) is 54.7 Å². The highest BCUT2D eigenvalue weighted by atomic mass is 16.5. The molecule has 0 radical (unpaired) electrons. The number of hydrogen-bond donors (Lipinski definition) is 1. The Balaban J connectivity index is 1.87. The zero-order valence-electron chi connectivity index (χ0n) is 19.3. The monoisotopic (exact) mass is 440 g/mol. The Bertz CT molecular complexity index is 946. The molecule has 0 saturated heterocycles. The number of ether oxygens (including phenoxy) is 3. The van der Waals surface area contributed by atoms with E-state index in [-0.39, 0.29) is 11.8 Å². The number of nitrogens with zero attached hydrogens (tertiary/aromatic N) is 1. The van der Waals surface area contributed by atoms with Crippen LogP contribution in [-0.4, -0.2) is 38.2 Å². The minimum absolute atomic E-state index is 0.115. The van der Waals surface area contributed by atoms with E-state index in [1.165, 1.54) is 0 Å². The minimum atomic E-state index is -0.271. The maximum Gasteiger partial charge on any atom is 0.255 e. The van der Waals surface area contributed by atoms with Gasteiger partial charge in [-0.1, -0.05) is 6.92 Å². The van der Waals surface area contributed by atoms with Crippen molar-refractivity contribution < 1.29 is 23.8 Å². The summed E-state index contributed by atoms with van der Waals surface area (Å²) in [4.78, 5) is 27.1. The van der Waals surface area contributed by atoms with Gasteiger partial charge in [0.05, 0.1) is 19.8 Å². The molecule has 0 aromatic heterocycles. The second kappa shape index (κ2) is 10.9. The third kappa shape index (κ3) is 5.15. The molecule has 0 spiro atoms. The molecule has 2 aromatic carbocycles. The Hall–Kier alpha value is -3.22. The molecule has 7 nitrogen and oxygen atoms in total. The maximum absolute atomic E-state index is 13.1. The number of rotatable bonds is 9. The molecular formula is C25H32N2O5. The van der Waals surface area contributed by atoms with Crippen LogP contribution < -0.4 is 24.4 Å². The normalized spacial score (nSPS) is 12.7. The summed E-state index contributed by atoms with van der Waals surface area (Å²) in [6.45, 7) is 9.58. The Morgan fingerprint density at radius 2 is 1.59 bits per heavy atom. The topological polar surface area (TPSA) is 77.1 Å². The fourth-order valence-corrected chi connectivity index (χ4v) is 3.85. The van der Waals surface area contributed by atoms with Gasteiger partial charge in [0.2, 0.25) is 11.7 Å². The predicted molar refractivity (Wildman–Crippen MR) is 125 cm³/mol. The molecule has 0 saturated carbocycles. The molecule has 0 aliphatic carbocycles. The third-order valence-corrected chi connectivity index (χ3v) is 5.23. The van der Waals surface area contributed by atoms with Crippen LogP contribution in [0, 0.1) is 0 Å². The van der Waals surface area contributed by atoms with E-state index in [1.54, 1.807) is 12.1 Å². The lowest BCUT2D eigenvalue weighted by atomic mass is 10.0. The molecule has 7 heteroatoms. The summed E-state index contributed by atoms with van der Waals surface area (Å²) in [6, 6.07) is 9.04. The first-order chi connectivity index (χ1) is 15.5. The molecule has 0 unspecified atom stereocenters. The van der Waals surface area contributed by atoms with Gasteiger partial charge in [0, 0.05) is 29.9 Å². The molecule has 0 bridgehead atoms. The van der Waals surface area contributed by atoms with Gasteiger partial charge in [-0.15, -0.1) is 0 Å². The van der Waals surface area contributed by atoms with Crippen LogP contribution in [0.25, 0.3) is 0 Å². The number of anilines is 2. The summed E-state index contributed by atoms with van der Waals surface area (Å²) < 4.78 is 17.1. The van der Waals surface area contributed by atoms with E-state index in [2.05, 4.69) is 5.32 Å². The summed E-state index contributed by atoms with van der Waals surface area (Å²) in [6.07, 6.45) is 2.25. The number of fused-ring (bicyclic) bond motifs is 1. The number of benzene rings is 2. The lowest BCUT2D eigenvalue weighted by Gasteiger charge is -2.29. The smallest absolute Gasteiger partial charge is 0.255 e. The molecule has 1 heterocycles. The van der Waals surface area contributed by atoms with Gasteiger partial charge >= 0.3 is 0 Å². The van der Waals surface area contributed by atoms with Crippen LogP contribution in [0.4, 0.5) is 11.4 Å². The molecule has 32 heavy (non-hydrogen) atoms. The van der Waals surface area contributed by atoms with Gasteiger partial charge in [0.25, 0.3) is 5.91 Å². The molecule has 1 aliphatic rings. The number of hydrogen-bond acceptors (Lipinski definition) is 5. The number of carbonyl (C=O) groups excluding carboxylic acids is 2. The van der Waals surface area contributed by atoms with Gasteiger partial charge in [-0.05, 0) is 69.5 Å². The van der Waals surface area contributed by atoms with Crippen molar-refractivity contribution in [2.24, 2.45) is 0 Å². The standard InChI is InChI=1S/C25H32N2O5/c1-5-23(28)27-13-9-10-17-14-19(11-12-20(17)27)26-25(29)18-15-21(30-6-2)24(32-8-4)22(16-18)31-7-3/h11-12,14-16H,5-10,13H2,1-4H3,(H,26,29). The number of aryl methyl sites for hydroxylation is 1. The van der Waals surface area contributed by atoms with Gasteiger partial charge in [-0.2, -0.15) is 0 Å². The van der Waals surface area contributed by atoms with Gasteiger partial charge in [0.15, 0.2) is 11.5 Å². The second-order valence-corrected chi connectivity index (χ2v) is 7.40. The van der Waals surface area contributed by atoms with Crippen LogP contribution in [0.3, 0.4) is 0 Å². The highest BCUT2D eigenvalue weighted by Gasteiger charge is 2.22. The van der Waals surface area contributed by atoms with Gasteiger partial charge in [-0.3, -0.25) is 9.59 Å². The van der Waals surface area contributed by atoms with Crippen LogP contribution >= 0.6 is 0 Å². The average Bonchev–Trinajstić information content (AvgIpc) is 2.80. The summed E-state index contributed by atoms with van der Waals surface area (Å²) in [5.74, 6) is 1.30. The van der Waals surface area contributed by atoms with Gasteiger partial charge < -0.3 is 24.4 Å². The lowest BCUT2D eigenvalue weighted by Crippen LogP contribution is -2.34. The molecule has 1 aliphatic heterocycles. The molecule has 0 fully saturated rings. The fraction of sp³-hybridized carbons (Fsp3) is 0.440. The third-order valence-electron chi connectivity index (χ3n) is 5.23. The van der Waals surface area contributed by atoms with Crippen molar-refractivity contribution in [3.63, 3.8) is 0 Å². The van der Waals surface area contributed by atoms with Crippen LogP contribution in [0.1, 0.15) is 56.5 Å². The van der Waals surface area contributed by atoms with E-state index >= 15 is 0 Å². The van der Waals surface area contributed by atoms with Crippen LogP contribution in [-0.2, 0) is 11.2 Å². The SMILES string of the molecule is CCOc1cc(C(=O)Nc2ccc3c(c2)CCCN3C(=O)CC)cc(OCC)c1OCC. The molecular weight excluding hydrogens is 408 g/mol. The van der Waals surface area contributed by atoms with E-state index < -0.39 is 0 Å². The number of carbonyl (C=O) groups is 2. The van der Waals surface area contributed by atoms with E-state index in [0.717, 1.165) is 30.6 Å². The first-order valence-corrected chi connectivity index (χ1v) is 11.3. The molecule has 2 amide bonds. The largest absolute Gasteiger partial charge is 0.490 e. The van der Waals surface area contributed by atoms with Crippen molar-refractivity contribution in [2.75, 3.05) is 36.6 Å². The molecule has 172 valence electrons. The van der Waals surface area contributed by atoms with Crippen LogP contribution in [0.5, 0.6) is 17.2 Å². The molecule has 0 atom stereocenters. The lowest BCUT2D eigenvalue weighted by molar-refractivity contribution is -0.118. The highest BCUT2D eigenvalue weighted by Crippen LogP contribution is 2.39. The van der Waals surface area contributed by atoms with E-state index in [4.69, 9.17) is 14.2 Å². The van der Waals surface area contributed by atoms with Crippen LogP contribution in [0.2, 0.25) is 0 Å². The summed E-state index contributed by atoms with van der Waals surface area (Å²) in [7, 11) is 0. The number of amides is 2. The second-order valence-electron chi connectivity index (χ2n) is 7.40. The molecule has 1 N–H and O–H groups in total. The van der Waals surface area contributed by atoms with Crippen molar-refractivity contribution in [2.45, 2.75) is 47.0 Å². The van der Waals surface area contributed by atoms with Crippen LogP contribution in [0.15, 0.2) is 30.3 Å². The predicted octanol–water partition coefficient (Wildman–Crippen LogP) is 4.82. The minimum Gasteiger partial charge on any atom is -0.490 e. The van der Waals surface area contributed by atoms with Crippen molar-refractivity contribution >= 4 is 23.2 Å². The van der Waals surface area contributed by atoms with Gasteiger partial charge in [0.1, 0.15) is 0 Å². The first kappa shape index (κ1) is 23.4. The van der Waals surface area contributed by atoms with Crippen molar-refractivity contribution in [1.82, 2.24) is 0 Å². The Morgan fingerprint density at radius 1 is 0.938 bits per heavy atom. The fourth-order valence-electron chi connectivity index (χ4n) is 3.85. The summed E-state index contributed by atoms with van der Waals surface area (Å²) >= 11 is 0. The Labute approximate surface area is 189 Å². The van der Waals surface area contributed by atoms with Crippen molar-refractivity contribution in [3.8, 4) is 17.2 Å². The van der Waals surface area contributed by atoms with E-state index in [1.807, 2.05) is 50.8 Å². The van der Waals surface area contributed by atoms with Crippen molar-refractivity contribution in [1.29, 1.82) is 0 Å². The van der Waals surface area contributed by atoms with Gasteiger partial charge in [-0.25, -0.2) is 0 Å². The van der Waals surface area contributed by atoms with E-state index in [9.17, 15) is 9.59 Å². The zero-order chi connectivity index (χ0) is 23.1. The average molecular weight is 441 g/mol. The van der Waals surface area contributed by atoms with Crippen molar-refractivity contribution in [3.05, 3.63) is 41.5 Å². The Kier molecular flexibility index (Phi) is 7.98. The first-order valence-electron chi connectivity index (χ1n) is 11.3. The zero-order valence-corrected chi connectivity index (χ0v) is 19.3. The molecule has 2 aromatic rings. The Morgan fingerprint density at radius 3 is 2.19 bits per heavy atom. The quantitative estimate of drug-likeness (QED) is 0.605. The molecule has 3 rings (SSSR count). The maximum atomic E-state index is 13.1. The number of nitrogens with one attached hydrogen (secondary N) is 1. The highest BCUT2D eigenvalue weighted by molar-refractivity contribution is 6.05. The summed E-state index contributed by atoms with van der Waals surface area (Å²) in [5, 5.41) is 2.96. The summed E-state index contributed by atoms with van der Waals surface area (Å²) in [5.41, 5.74) is 3.09.